The molecule has 1 heterocycles. The Hall–Kier alpha value is -4.16. The monoisotopic (exact) mass is 524 g/mol. The van der Waals surface area contributed by atoms with Gasteiger partial charge < -0.3 is 20.1 Å². The summed E-state index contributed by atoms with van der Waals surface area (Å²) >= 11 is 2.69. The van der Waals surface area contributed by atoms with Gasteiger partial charge in [0.15, 0.2) is 15.8 Å². The first-order valence-electron chi connectivity index (χ1n) is 10.5. The summed E-state index contributed by atoms with van der Waals surface area (Å²) in [5.41, 5.74) is 2.22. The molecule has 0 aliphatic rings. The zero-order valence-corrected chi connectivity index (χ0v) is 20.8. The Balaban J connectivity index is 1.37. The Morgan fingerprint density at radius 3 is 2.39 bits per heavy atom. The van der Waals surface area contributed by atoms with Crippen molar-refractivity contribution in [2.24, 2.45) is 0 Å². The van der Waals surface area contributed by atoms with Crippen LogP contribution < -0.4 is 20.1 Å². The Labute approximate surface area is 213 Å². The molecule has 36 heavy (non-hydrogen) atoms. The normalized spacial score (nSPS) is 10.6. The van der Waals surface area contributed by atoms with Crippen LogP contribution in [0, 0.1) is 10.1 Å². The number of nitrogens with zero attached hydrogens (tertiary/aromatic N) is 2. The van der Waals surface area contributed by atoms with Gasteiger partial charge in [0.25, 0.3) is 11.6 Å². The van der Waals surface area contributed by atoms with Crippen LogP contribution in [0.3, 0.4) is 0 Å². The van der Waals surface area contributed by atoms with Gasteiger partial charge in [-0.1, -0.05) is 11.8 Å². The summed E-state index contributed by atoms with van der Waals surface area (Å²) in [5.74, 6) is 0.571. The summed E-state index contributed by atoms with van der Waals surface area (Å²) in [7, 11) is 3.03. The highest BCUT2D eigenvalue weighted by Crippen LogP contribution is 2.32. The molecule has 10 nitrogen and oxygen atoms in total. The molecule has 0 saturated heterocycles. The molecule has 0 spiro atoms. The molecule has 0 unspecified atom stereocenters. The molecule has 4 rings (SSSR count). The van der Waals surface area contributed by atoms with E-state index in [0.717, 1.165) is 10.2 Å². The molecule has 0 aliphatic heterocycles. The zero-order chi connectivity index (χ0) is 25.7. The van der Waals surface area contributed by atoms with E-state index in [-0.39, 0.29) is 23.3 Å². The summed E-state index contributed by atoms with van der Waals surface area (Å²) < 4.78 is 12.0. The van der Waals surface area contributed by atoms with E-state index in [1.165, 1.54) is 61.6 Å². The van der Waals surface area contributed by atoms with E-state index in [1.54, 1.807) is 30.3 Å². The number of hydrogen-bond donors (Lipinski definition) is 2. The van der Waals surface area contributed by atoms with Crippen molar-refractivity contribution in [2.45, 2.75) is 4.34 Å². The number of carbonyl (C=O) groups excluding carboxylic acids is 2. The number of nitrogens with one attached hydrogen (secondary N) is 2. The molecule has 1 aromatic heterocycles. The highest BCUT2D eigenvalue weighted by molar-refractivity contribution is 8.01. The third kappa shape index (κ3) is 5.90. The zero-order valence-electron chi connectivity index (χ0n) is 19.1. The molecular weight excluding hydrogens is 504 g/mol. The molecule has 2 N–H and O–H groups in total. The van der Waals surface area contributed by atoms with Gasteiger partial charge >= 0.3 is 0 Å². The lowest BCUT2D eigenvalue weighted by molar-refractivity contribution is -0.384. The third-order valence-corrected chi connectivity index (χ3v) is 7.12. The van der Waals surface area contributed by atoms with E-state index < -0.39 is 4.92 Å². The van der Waals surface area contributed by atoms with Gasteiger partial charge in [0.2, 0.25) is 5.91 Å². The first kappa shape index (κ1) is 24.9. The van der Waals surface area contributed by atoms with Gasteiger partial charge in [-0.15, -0.1) is 11.3 Å². The van der Waals surface area contributed by atoms with Crippen LogP contribution in [0.15, 0.2) is 65.0 Å². The number of thioether (sulfide) groups is 1. The van der Waals surface area contributed by atoms with Gasteiger partial charge in [-0.3, -0.25) is 19.7 Å². The van der Waals surface area contributed by atoms with Gasteiger partial charge in [-0.05, 0) is 48.5 Å². The number of amides is 2. The highest BCUT2D eigenvalue weighted by Gasteiger charge is 2.13. The fraction of sp³-hybridized carbons (Fsp3) is 0.125. The fourth-order valence-corrected chi connectivity index (χ4v) is 5.12. The van der Waals surface area contributed by atoms with Crippen LogP contribution in [0.4, 0.5) is 17.1 Å². The number of thiazole rings is 1. The maximum absolute atomic E-state index is 12.7. The van der Waals surface area contributed by atoms with Crippen LogP contribution in [-0.4, -0.2) is 41.7 Å². The van der Waals surface area contributed by atoms with Crippen molar-refractivity contribution < 1.29 is 24.0 Å². The number of nitro benzene ring substituents is 1. The van der Waals surface area contributed by atoms with Gasteiger partial charge in [0.05, 0.1) is 35.1 Å². The Morgan fingerprint density at radius 1 is 0.972 bits per heavy atom. The number of carbonyl (C=O) groups is 2. The largest absolute Gasteiger partial charge is 0.493 e. The van der Waals surface area contributed by atoms with E-state index in [4.69, 9.17) is 9.47 Å². The number of anilines is 2. The molecule has 0 fully saturated rings. The average molecular weight is 525 g/mol. The maximum atomic E-state index is 12.7. The summed E-state index contributed by atoms with van der Waals surface area (Å²) in [6, 6.07) is 15.9. The number of hydrogen-bond acceptors (Lipinski definition) is 9. The summed E-state index contributed by atoms with van der Waals surface area (Å²) in [6.07, 6.45) is 0. The standard InChI is InChI=1S/C24H20N4O6S2/c1-33-19-10-3-14(11-20(19)34-2)23(30)26-16-6-9-18-21(12-16)36-24(27-18)35-13-22(29)25-15-4-7-17(8-5-15)28(31)32/h3-12H,13H2,1-2H3,(H,25,29)(H,26,30). The predicted octanol–water partition coefficient (Wildman–Crippen LogP) is 5.20. The van der Waals surface area contributed by atoms with E-state index in [1.807, 2.05) is 6.07 Å². The molecule has 0 aliphatic carbocycles. The molecule has 12 heteroatoms. The molecule has 2 amide bonds. The number of rotatable bonds is 9. The van der Waals surface area contributed by atoms with Crippen LogP contribution in [-0.2, 0) is 4.79 Å². The van der Waals surface area contributed by atoms with Crippen molar-refractivity contribution in [1.29, 1.82) is 0 Å². The Bertz CT molecular complexity index is 1440. The van der Waals surface area contributed by atoms with Crippen LogP contribution >= 0.6 is 23.1 Å². The van der Waals surface area contributed by atoms with E-state index >= 15 is 0 Å². The fourth-order valence-electron chi connectivity index (χ4n) is 3.21. The minimum absolute atomic E-state index is 0.0452. The van der Waals surface area contributed by atoms with Crippen molar-refractivity contribution in [2.75, 3.05) is 30.6 Å². The first-order valence-corrected chi connectivity index (χ1v) is 12.3. The minimum Gasteiger partial charge on any atom is -0.493 e. The van der Waals surface area contributed by atoms with Crippen molar-refractivity contribution in [3.63, 3.8) is 0 Å². The smallest absolute Gasteiger partial charge is 0.269 e. The Kier molecular flexibility index (Phi) is 7.66. The number of benzene rings is 3. The van der Waals surface area contributed by atoms with Crippen LogP contribution in [0.1, 0.15) is 10.4 Å². The van der Waals surface area contributed by atoms with Gasteiger partial charge in [-0.2, -0.15) is 0 Å². The van der Waals surface area contributed by atoms with Crippen molar-refractivity contribution in [3.8, 4) is 11.5 Å². The number of non-ortho nitro benzene ring substituents is 1. The van der Waals surface area contributed by atoms with Crippen LogP contribution in [0.5, 0.6) is 11.5 Å². The molecule has 3 aromatic carbocycles. The number of ether oxygens (including phenoxy) is 2. The second-order valence-corrected chi connectivity index (χ2v) is 9.58. The number of methoxy groups -OCH3 is 2. The number of fused-ring (bicyclic) bond motifs is 1. The highest BCUT2D eigenvalue weighted by atomic mass is 32.2. The molecule has 0 radical (unpaired) electrons. The average Bonchev–Trinajstić information content (AvgIpc) is 3.29. The van der Waals surface area contributed by atoms with Gasteiger partial charge in [0.1, 0.15) is 0 Å². The molecule has 0 bridgehead atoms. The first-order chi connectivity index (χ1) is 17.4. The molecular formula is C24H20N4O6S2. The minimum atomic E-state index is -0.498. The van der Waals surface area contributed by atoms with Crippen molar-refractivity contribution in [1.82, 2.24) is 4.98 Å². The predicted molar refractivity (Wildman–Crippen MR) is 140 cm³/mol. The third-order valence-electron chi connectivity index (χ3n) is 4.96. The second kappa shape index (κ2) is 11.1. The topological polar surface area (TPSA) is 133 Å². The molecule has 0 atom stereocenters. The van der Waals surface area contributed by atoms with Gasteiger partial charge in [-0.25, -0.2) is 4.98 Å². The van der Waals surface area contributed by atoms with Crippen molar-refractivity contribution >= 4 is 62.2 Å². The van der Waals surface area contributed by atoms with E-state index in [2.05, 4.69) is 15.6 Å². The molecule has 184 valence electrons. The summed E-state index contributed by atoms with van der Waals surface area (Å²) in [5, 5.41) is 16.3. The van der Waals surface area contributed by atoms with Crippen LogP contribution in [0.25, 0.3) is 10.2 Å². The Morgan fingerprint density at radius 2 is 1.69 bits per heavy atom. The van der Waals surface area contributed by atoms with Crippen molar-refractivity contribution in [3.05, 3.63) is 76.3 Å². The van der Waals surface area contributed by atoms with E-state index in [0.29, 0.717) is 32.8 Å². The van der Waals surface area contributed by atoms with Gasteiger partial charge in [0, 0.05) is 29.1 Å². The maximum Gasteiger partial charge on any atom is 0.269 e. The molecule has 0 saturated carbocycles. The van der Waals surface area contributed by atoms with Crippen LogP contribution in [0.2, 0.25) is 0 Å². The number of nitro groups is 1. The summed E-state index contributed by atoms with van der Waals surface area (Å²) in [6.45, 7) is 0. The lowest BCUT2D eigenvalue weighted by Crippen LogP contribution is -2.13. The SMILES string of the molecule is COc1ccc(C(=O)Nc2ccc3nc(SCC(=O)Nc4ccc([N+](=O)[O-])cc4)sc3c2)cc1OC. The van der Waals surface area contributed by atoms with E-state index in [9.17, 15) is 19.7 Å². The lowest BCUT2D eigenvalue weighted by atomic mass is 10.2. The summed E-state index contributed by atoms with van der Waals surface area (Å²) in [4.78, 5) is 39.7. The lowest BCUT2D eigenvalue weighted by Gasteiger charge is -2.10. The molecule has 4 aromatic rings. The number of aromatic nitrogens is 1. The quantitative estimate of drug-likeness (QED) is 0.173. The second-order valence-electron chi connectivity index (χ2n) is 7.33.